The van der Waals surface area contributed by atoms with Crippen LogP contribution in [0.1, 0.15) is 0 Å². The number of rotatable bonds is 5. The van der Waals surface area contributed by atoms with Gasteiger partial charge in [0.1, 0.15) is 5.69 Å². The molecule has 21 heavy (non-hydrogen) atoms. The van der Waals surface area contributed by atoms with Crippen LogP contribution in [0.4, 0.5) is 11.4 Å². The molecule has 2 rings (SSSR count). The van der Waals surface area contributed by atoms with Gasteiger partial charge in [-0.1, -0.05) is 18.2 Å². The Morgan fingerprint density at radius 1 is 1.14 bits per heavy atom. The van der Waals surface area contributed by atoms with Gasteiger partial charge in [0.05, 0.1) is 24.8 Å². The van der Waals surface area contributed by atoms with Crippen molar-refractivity contribution in [2.75, 3.05) is 24.7 Å². The van der Waals surface area contributed by atoms with E-state index in [4.69, 9.17) is 15.2 Å². The van der Waals surface area contributed by atoms with Gasteiger partial charge in [-0.05, 0) is 12.1 Å². The number of sulfonamides is 1. The highest BCUT2D eigenvalue weighted by molar-refractivity contribution is 7.92. The molecule has 0 aliphatic heterocycles. The van der Waals surface area contributed by atoms with E-state index in [1.165, 1.54) is 32.4 Å². The first kappa shape index (κ1) is 14.9. The van der Waals surface area contributed by atoms with Crippen LogP contribution in [0.25, 0.3) is 0 Å². The smallest absolute Gasteiger partial charge is 0.261 e. The Morgan fingerprint density at radius 3 is 2.38 bits per heavy atom. The molecule has 0 aliphatic carbocycles. The zero-order valence-electron chi connectivity index (χ0n) is 11.5. The summed E-state index contributed by atoms with van der Waals surface area (Å²) in [5.41, 5.74) is 6.06. The molecule has 0 saturated heterocycles. The Balaban J connectivity index is 2.44. The summed E-state index contributed by atoms with van der Waals surface area (Å²) in [6.45, 7) is 0. The van der Waals surface area contributed by atoms with Crippen molar-refractivity contribution in [3.8, 4) is 11.8 Å². The number of anilines is 2. The molecule has 2 aromatic rings. The Labute approximate surface area is 122 Å². The molecule has 0 fully saturated rings. The number of nitrogens with one attached hydrogen (secondary N) is 1. The molecule has 0 radical (unpaired) electrons. The zero-order valence-corrected chi connectivity index (χ0v) is 12.3. The first-order valence-electron chi connectivity index (χ1n) is 5.94. The van der Waals surface area contributed by atoms with E-state index in [1.807, 2.05) is 0 Å². The molecule has 1 heterocycles. The summed E-state index contributed by atoms with van der Waals surface area (Å²) < 4.78 is 37.0. The Kier molecular flexibility index (Phi) is 4.18. The average molecular weight is 309 g/mol. The molecule has 3 N–H and O–H groups in total. The summed E-state index contributed by atoms with van der Waals surface area (Å²) >= 11 is 0. The van der Waals surface area contributed by atoms with Gasteiger partial charge in [0.15, 0.2) is 0 Å². The Bertz CT molecular complexity index is 733. The lowest BCUT2D eigenvalue weighted by molar-refractivity contribution is 0.366. The van der Waals surface area contributed by atoms with Gasteiger partial charge in [-0.25, -0.2) is 8.42 Å². The second-order valence-corrected chi connectivity index (χ2v) is 5.74. The van der Waals surface area contributed by atoms with Gasteiger partial charge >= 0.3 is 0 Å². The lowest BCUT2D eigenvalue weighted by Gasteiger charge is -2.13. The molecule has 8 heteroatoms. The fourth-order valence-electron chi connectivity index (χ4n) is 1.66. The predicted molar refractivity (Wildman–Crippen MR) is 79.0 cm³/mol. The molecule has 7 nitrogen and oxygen atoms in total. The molecule has 0 saturated carbocycles. The number of benzene rings is 1. The maximum atomic E-state index is 12.3. The fourth-order valence-corrected chi connectivity index (χ4v) is 2.75. The van der Waals surface area contributed by atoms with E-state index in [1.54, 1.807) is 18.2 Å². The third kappa shape index (κ3) is 3.16. The maximum Gasteiger partial charge on any atom is 0.261 e. The van der Waals surface area contributed by atoms with Gasteiger partial charge in [-0.2, -0.15) is 4.98 Å². The lowest BCUT2D eigenvalue weighted by Crippen LogP contribution is -2.15. The quantitative estimate of drug-likeness (QED) is 0.867. The third-order valence-electron chi connectivity index (χ3n) is 2.70. The zero-order chi connectivity index (χ0) is 15.5. The summed E-state index contributed by atoms with van der Waals surface area (Å²) in [7, 11) is -0.962. The number of nitrogen functional groups attached to an aromatic ring is 1. The first-order valence-corrected chi connectivity index (χ1v) is 7.42. The van der Waals surface area contributed by atoms with Gasteiger partial charge in [0.2, 0.25) is 11.8 Å². The molecule has 0 amide bonds. The molecule has 112 valence electrons. The van der Waals surface area contributed by atoms with E-state index in [0.29, 0.717) is 0 Å². The van der Waals surface area contributed by atoms with Crippen LogP contribution < -0.4 is 19.9 Å². The van der Waals surface area contributed by atoms with Crippen LogP contribution in [0.2, 0.25) is 0 Å². The highest BCUT2D eigenvalue weighted by atomic mass is 32.2. The molecule has 0 spiro atoms. The van der Waals surface area contributed by atoms with Crippen LogP contribution in [0.3, 0.4) is 0 Å². The molecule has 1 aromatic heterocycles. The van der Waals surface area contributed by atoms with Gasteiger partial charge in [-0.15, -0.1) is 0 Å². The minimum absolute atomic E-state index is 0.0813. The molecule has 1 aromatic carbocycles. The van der Waals surface area contributed by atoms with E-state index >= 15 is 0 Å². The summed E-state index contributed by atoms with van der Waals surface area (Å²) in [5.74, 6) is 0.270. The third-order valence-corrected chi connectivity index (χ3v) is 4.08. The number of pyridine rings is 1. The minimum atomic E-state index is -3.75. The molecular weight excluding hydrogens is 294 g/mol. The summed E-state index contributed by atoms with van der Waals surface area (Å²) in [6, 6.07) is 9.34. The summed E-state index contributed by atoms with van der Waals surface area (Å²) in [4.78, 5) is 4.09. The van der Waals surface area contributed by atoms with Crippen LogP contribution in [-0.2, 0) is 10.0 Å². The number of aromatic nitrogens is 1. The number of hydrogen-bond acceptors (Lipinski definition) is 6. The number of nitrogens with two attached hydrogens (primary N) is 1. The summed E-state index contributed by atoms with van der Waals surface area (Å²) in [6.07, 6.45) is 0. The van der Waals surface area contributed by atoms with Crippen molar-refractivity contribution in [1.29, 1.82) is 0 Å². The van der Waals surface area contributed by atoms with Crippen molar-refractivity contribution in [3.63, 3.8) is 0 Å². The molecular formula is C13H15N3O4S. The van der Waals surface area contributed by atoms with Crippen LogP contribution in [0.5, 0.6) is 11.8 Å². The van der Waals surface area contributed by atoms with E-state index in [9.17, 15) is 8.42 Å². The predicted octanol–water partition coefficient (Wildman–Crippen LogP) is 1.48. The summed E-state index contributed by atoms with van der Waals surface area (Å²) in [5, 5.41) is 0. The standard InChI is InChI=1S/C13H15N3O4S/c1-19-11-8-10(12(14)13(15-11)20-2)16-21(17,18)9-6-4-3-5-7-9/h3-8H,14H2,1-2H3,(H,15,16). The van der Waals surface area contributed by atoms with Crippen molar-refractivity contribution in [1.82, 2.24) is 4.98 Å². The van der Waals surface area contributed by atoms with Crippen molar-refractivity contribution < 1.29 is 17.9 Å². The second kappa shape index (κ2) is 5.88. The number of nitrogens with zero attached hydrogens (tertiary/aromatic N) is 1. The highest BCUT2D eigenvalue weighted by Crippen LogP contribution is 2.32. The van der Waals surface area contributed by atoms with Gasteiger partial charge in [-0.3, -0.25) is 4.72 Å². The normalized spacial score (nSPS) is 11.0. The van der Waals surface area contributed by atoms with Crippen LogP contribution in [0, 0.1) is 0 Å². The van der Waals surface area contributed by atoms with Crippen molar-refractivity contribution >= 4 is 21.4 Å². The molecule has 0 atom stereocenters. The average Bonchev–Trinajstić information content (AvgIpc) is 2.50. The number of ether oxygens (including phenoxy) is 2. The fraction of sp³-hybridized carbons (Fsp3) is 0.154. The van der Waals surface area contributed by atoms with E-state index in [0.717, 1.165) is 0 Å². The van der Waals surface area contributed by atoms with E-state index in [2.05, 4.69) is 9.71 Å². The van der Waals surface area contributed by atoms with Crippen LogP contribution in [0.15, 0.2) is 41.3 Å². The SMILES string of the molecule is COc1cc(NS(=O)(=O)c2ccccc2)c(N)c(OC)n1. The van der Waals surface area contributed by atoms with Gasteiger partial charge in [0, 0.05) is 6.07 Å². The highest BCUT2D eigenvalue weighted by Gasteiger charge is 2.18. The van der Waals surface area contributed by atoms with Gasteiger partial charge < -0.3 is 15.2 Å². The van der Waals surface area contributed by atoms with Crippen LogP contribution >= 0.6 is 0 Å². The lowest BCUT2D eigenvalue weighted by atomic mass is 10.3. The number of hydrogen-bond donors (Lipinski definition) is 2. The van der Waals surface area contributed by atoms with E-state index < -0.39 is 10.0 Å². The van der Waals surface area contributed by atoms with E-state index in [-0.39, 0.29) is 28.0 Å². The minimum Gasteiger partial charge on any atom is -0.481 e. The first-order chi connectivity index (χ1) is 9.97. The largest absolute Gasteiger partial charge is 0.481 e. The molecule has 0 aliphatic rings. The maximum absolute atomic E-state index is 12.3. The monoisotopic (exact) mass is 309 g/mol. The molecule has 0 unspecified atom stereocenters. The van der Waals surface area contributed by atoms with Crippen molar-refractivity contribution in [3.05, 3.63) is 36.4 Å². The number of methoxy groups -OCH3 is 2. The van der Waals surface area contributed by atoms with Gasteiger partial charge in [0.25, 0.3) is 10.0 Å². The van der Waals surface area contributed by atoms with Crippen molar-refractivity contribution in [2.24, 2.45) is 0 Å². The molecule has 0 bridgehead atoms. The van der Waals surface area contributed by atoms with Crippen molar-refractivity contribution in [2.45, 2.75) is 4.90 Å². The Hall–Kier alpha value is -2.48. The second-order valence-electron chi connectivity index (χ2n) is 4.05. The van der Waals surface area contributed by atoms with Crippen LogP contribution in [-0.4, -0.2) is 27.6 Å². The topological polar surface area (TPSA) is 104 Å². The Morgan fingerprint density at radius 2 is 1.81 bits per heavy atom.